The number of carbonyl (C=O) groups excluding carboxylic acids is 1. The number of sulfonamides is 1. The summed E-state index contributed by atoms with van der Waals surface area (Å²) in [6, 6.07) is 32.2. The highest BCUT2D eigenvalue weighted by Gasteiger charge is 2.33. The number of aryl methyl sites for hydroxylation is 1. The number of anilines is 1. The van der Waals surface area contributed by atoms with Gasteiger partial charge in [-0.05, 0) is 60.0 Å². The van der Waals surface area contributed by atoms with E-state index in [1.165, 1.54) is 18.2 Å². The normalized spacial score (nSPS) is 14.1. The van der Waals surface area contributed by atoms with Gasteiger partial charge >= 0.3 is 0 Å². The molecule has 0 saturated carbocycles. The molecule has 9 heteroatoms. The zero-order valence-electron chi connectivity index (χ0n) is 23.7. The van der Waals surface area contributed by atoms with Crippen LogP contribution in [0.3, 0.4) is 0 Å². The molecule has 4 aromatic rings. The molecular weight excluding hydrogens is 570 g/mol. The van der Waals surface area contributed by atoms with Gasteiger partial charge in [0.25, 0.3) is 10.0 Å². The first-order valence-corrected chi connectivity index (χ1v) is 15.6. The summed E-state index contributed by atoms with van der Waals surface area (Å²) >= 11 is 6.10. The SMILES string of the molecule is COc1ccc(C)cc1S(=O)(=O)N(CC(=O)N1CCN(C(c2ccccc2)c2ccccc2)CC1)c1ccc(Cl)cc1. The number of rotatable bonds is 9. The third-order valence-corrected chi connectivity index (χ3v) is 9.59. The Morgan fingerprint density at radius 3 is 1.98 bits per heavy atom. The second-order valence-electron chi connectivity index (χ2n) is 10.3. The molecule has 0 atom stereocenters. The van der Waals surface area contributed by atoms with Crippen molar-refractivity contribution < 1.29 is 17.9 Å². The van der Waals surface area contributed by atoms with Crippen LogP contribution in [0, 0.1) is 6.92 Å². The van der Waals surface area contributed by atoms with Crippen LogP contribution in [-0.2, 0) is 14.8 Å². The number of hydrogen-bond acceptors (Lipinski definition) is 5. The summed E-state index contributed by atoms with van der Waals surface area (Å²) in [6.07, 6.45) is 0. The summed E-state index contributed by atoms with van der Waals surface area (Å²) in [4.78, 5) is 17.8. The average molecular weight is 604 g/mol. The van der Waals surface area contributed by atoms with Crippen molar-refractivity contribution >= 4 is 33.2 Å². The minimum atomic E-state index is -4.15. The van der Waals surface area contributed by atoms with Crippen LogP contribution in [0.5, 0.6) is 5.75 Å². The molecule has 0 aliphatic carbocycles. The van der Waals surface area contributed by atoms with Crippen LogP contribution < -0.4 is 9.04 Å². The molecular formula is C33H34ClN3O4S. The van der Waals surface area contributed by atoms with Gasteiger partial charge in [0.05, 0.1) is 18.8 Å². The monoisotopic (exact) mass is 603 g/mol. The molecule has 1 aliphatic heterocycles. The third kappa shape index (κ3) is 6.46. The van der Waals surface area contributed by atoms with Crippen molar-refractivity contribution in [1.82, 2.24) is 9.80 Å². The summed E-state index contributed by atoms with van der Waals surface area (Å²) in [5.74, 6) is -0.0516. The van der Waals surface area contributed by atoms with Crippen molar-refractivity contribution in [2.75, 3.05) is 44.1 Å². The van der Waals surface area contributed by atoms with Crippen LogP contribution in [0.15, 0.2) is 108 Å². The number of halogens is 1. The van der Waals surface area contributed by atoms with Gasteiger partial charge in [-0.15, -0.1) is 0 Å². The Morgan fingerprint density at radius 1 is 0.857 bits per heavy atom. The summed E-state index contributed by atoms with van der Waals surface area (Å²) in [5, 5.41) is 0.470. The van der Waals surface area contributed by atoms with E-state index in [4.69, 9.17) is 16.3 Å². The molecule has 0 unspecified atom stereocenters. The molecule has 1 heterocycles. The fourth-order valence-corrected chi connectivity index (χ4v) is 7.15. The van der Waals surface area contributed by atoms with E-state index in [1.54, 1.807) is 47.4 Å². The maximum Gasteiger partial charge on any atom is 0.268 e. The quantitative estimate of drug-likeness (QED) is 0.242. The Kier molecular flexibility index (Phi) is 9.16. The zero-order chi connectivity index (χ0) is 29.7. The summed E-state index contributed by atoms with van der Waals surface area (Å²) < 4.78 is 34.7. The topological polar surface area (TPSA) is 70.2 Å². The van der Waals surface area contributed by atoms with Gasteiger partial charge in [0.15, 0.2) is 0 Å². The van der Waals surface area contributed by atoms with Gasteiger partial charge in [0.1, 0.15) is 17.2 Å². The Hall–Kier alpha value is -3.85. The van der Waals surface area contributed by atoms with Crippen molar-refractivity contribution in [2.24, 2.45) is 0 Å². The van der Waals surface area contributed by atoms with Crippen molar-refractivity contribution in [2.45, 2.75) is 17.9 Å². The number of ether oxygens (including phenoxy) is 1. The third-order valence-electron chi connectivity index (χ3n) is 7.54. The van der Waals surface area contributed by atoms with Crippen molar-refractivity contribution in [3.63, 3.8) is 0 Å². The predicted molar refractivity (Wildman–Crippen MR) is 167 cm³/mol. The van der Waals surface area contributed by atoms with E-state index in [-0.39, 0.29) is 29.1 Å². The van der Waals surface area contributed by atoms with Gasteiger partial charge in [0, 0.05) is 31.2 Å². The van der Waals surface area contributed by atoms with Crippen LogP contribution in [0.2, 0.25) is 5.02 Å². The number of nitrogens with zero attached hydrogens (tertiary/aromatic N) is 3. The molecule has 42 heavy (non-hydrogen) atoms. The second-order valence-corrected chi connectivity index (χ2v) is 12.6. The minimum Gasteiger partial charge on any atom is -0.495 e. The lowest BCUT2D eigenvalue weighted by atomic mass is 9.96. The summed E-state index contributed by atoms with van der Waals surface area (Å²) in [7, 11) is -2.73. The van der Waals surface area contributed by atoms with Gasteiger partial charge in [-0.25, -0.2) is 8.42 Å². The lowest BCUT2D eigenvalue weighted by Crippen LogP contribution is -2.52. The molecule has 218 valence electrons. The van der Waals surface area contributed by atoms with Crippen molar-refractivity contribution in [3.8, 4) is 5.75 Å². The highest BCUT2D eigenvalue weighted by molar-refractivity contribution is 7.93. The first kappa shape index (κ1) is 29.6. The van der Waals surface area contributed by atoms with Crippen LogP contribution in [-0.4, -0.2) is 64.0 Å². The Labute approximate surface area is 252 Å². The van der Waals surface area contributed by atoms with Gasteiger partial charge in [-0.1, -0.05) is 78.3 Å². The number of benzene rings is 4. The van der Waals surface area contributed by atoms with Crippen LogP contribution >= 0.6 is 11.6 Å². The molecule has 0 radical (unpaired) electrons. The molecule has 0 N–H and O–H groups in total. The zero-order valence-corrected chi connectivity index (χ0v) is 25.3. The molecule has 1 fully saturated rings. The molecule has 0 spiro atoms. The van der Waals surface area contributed by atoms with E-state index in [0.29, 0.717) is 36.9 Å². The van der Waals surface area contributed by atoms with Gasteiger partial charge in [-0.2, -0.15) is 0 Å². The van der Waals surface area contributed by atoms with E-state index >= 15 is 0 Å². The van der Waals surface area contributed by atoms with Crippen molar-refractivity contribution in [3.05, 3.63) is 125 Å². The average Bonchev–Trinajstić information content (AvgIpc) is 3.02. The number of carbonyl (C=O) groups is 1. The first-order valence-electron chi connectivity index (χ1n) is 13.8. The summed E-state index contributed by atoms with van der Waals surface area (Å²) in [5.41, 5.74) is 3.49. The van der Waals surface area contributed by atoms with Crippen LogP contribution in [0.25, 0.3) is 0 Å². The summed E-state index contributed by atoms with van der Waals surface area (Å²) in [6.45, 7) is 3.74. The maximum atomic E-state index is 14.1. The lowest BCUT2D eigenvalue weighted by molar-refractivity contribution is -0.131. The van der Waals surface area contributed by atoms with Crippen LogP contribution in [0.1, 0.15) is 22.7 Å². The largest absolute Gasteiger partial charge is 0.495 e. The minimum absolute atomic E-state index is 0.00568. The Balaban J connectivity index is 1.38. The highest BCUT2D eigenvalue weighted by atomic mass is 35.5. The molecule has 0 bridgehead atoms. The molecule has 5 rings (SSSR count). The molecule has 0 aromatic heterocycles. The first-order chi connectivity index (χ1) is 20.3. The van der Waals surface area contributed by atoms with Gasteiger partial charge < -0.3 is 9.64 Å². The Morgan fingerprint density at radius 2 is 1.43 bits per heavy atom. The fourth-order valence-electron chi connectivity index (χ4n) is 5.36. The van der Waals surface area contributed by atoms with E-state index < -0.39 is 10.0 Å². The number of hydrogen-bond donors (Lipinski definition) is 0. The van der Waals surface area contributed by atoms with E-state index in [1.807, 2.05) is 43.3 Å². The molecule has 1 saturated heterocycles. The molecule has 4 aromatic carbocycles. The number of amides is 1. The molecule has 7 nitrogen and oxygen atoms in total. The lowest BCUT2D eigenvalue weighted by Gasteiger charge is -2.40. The highest BCUT2D eigenvalue weighted by Crippen LogP contribution is 2.32. The van der Waals surface area contributed by atoms with E-state index in [2.05, 4.69) is 29.2 Å². The van der Waals surface area contributed by atoms with Crippen LogP contribution in [0.4, 0.5) is 5.69 Å². The fraction of sp³-hybridized carbons (Fsp3) is 0.242. The predicted octanol–water partition coefficient (Wildman–Crippen LogP) is 5.79. The molecule has 1 amide bonds. The maximum absolute atomic E-state index is 14.1. The molecule has 1 aliphatic rings. The van der Waals surface area contributed by atoms with E-state index in [0.717, 1.165) is 9.87 Å². The second kappa shape index (κ2) is 13.0. The number of methoxy groups -OCH3 is 1. The Bertz CT molecular complexity index is 1570. The van der Waals surface area contributed by atoms with Gasteiger partial charge in [0.2, 0.25) is 5.91 Å². The standard InChI is InChI=1S/C33H34ClN3O4S/c1-25-13-18-30(41-2)31(23-25)42(39,40)37(29-16-14-28(34)15-17-29)24-32(38)35-19-21-36(22-20-35)33(26-9-5-3-6-10-26)27-11-7-4-8-12-27/h3-18,23,33H,19-22,24H2,1-2H3. The van der Waals surface area contributed by atoms with Gasteiger partial charge in [-0.3, -0.25) is 14.0 Å². The number of piperazine rings is 1. The van der Waals surface area contributed by atoms with Crippen molar-refractivity contribution in [1.29, 1.82) is 0 Å². The smallest absolute Gasteiger partial charge is 0.268 e. The van der Waals surface area contributed by atoms with E-state index in [9.17, 15) is 13.2 Å².